The van der Waals surface area contributed by atoms with Gasteiger partial charge in [-0.1, -0.05) is 6.07 Å². The van der Waals surface area contributed by atoms with Crippen LogP contribution in [-0.2, 0) is 14.8 Å². The lowest BCUT2D eigenvalue weighted by molar-refractivity contribution is 0.0999. The van der Waals surface area contributed by atoms with Crippen LogP contribution in [0.15, 0.2) is 23.1 Å². The van der Waals surface area contributed by atoms with Gasteiger partial charge in [-0.15, -0.1) is 0 Å². The number of ether oxygens (including phenoxy) is 1. The van der Waals surface area contributed by atoms with E-state index in [4.69, 9.17) is 10.5 Å². The minimum absolute atomic E-state index is 0.0267. The van der Waals surface area contributed by atoms with Gasteiger partial charge in [0.05, 0.1) is 11.5 Å². The molecule has 118 valence electrons. The molecule has 0 spiro atoms. The van der Waals surface area contributed by atoms with Crippen LogP contribution < -0.4 is 15.8 Å². The molecule has 0 saturated carbocycles. The second kappa shape index (κ2) is 8.08. The third-order valence-electron chi connectivity index (χ3n) is 2.86. The van der Waals surface area contributed by atoms with Crippen molar-refractivity contribution in [3.8, 4) is 0 Å². The van der Waals surface area contributed by atoms with Gasteiger partial charge in [0, 0.05) is 32.3 Å². The average molecular weight is 315 g/mol. The molecular weight excluding hydrogens is 294 g/mol. The summed E-state index contributed by atoms with van der Waals surface area (Å²) in [6.07, 6.45) is 0. The number of hydrogen-bond acceptors (Lipinski definition) is 5. The van der Waals surface area contributed by atoms with Crippen LogP contribution in [0.25, 0.3) is 0 Å². The first-order chi connectivity index (χ1) is 9.88. The first-order valence-electron chi connectivity index (χ1n) is 6.48. The Morgan fingerprint density at radius 2 is 2.00 bits per heavy atom. The largest absolute Gasteiger partial charge is 0.383 e. The van der Waals surface area contributed by atoms with Crippen molar-refractivity contribution in [2.24, 2.45) is 5.73 Å². The minimum Gasteiger partial charge on any atom is -0.383 e. The number of carbonyl (C=O) groups is 1. The molecule has 0 fully saturated rings. The van der Waals surface area contributed by atoms with Crippen LogP contribution in [0.4, 0.5) is 0 Å². The van der Waals surface area contributed by atoms with E-state index in [2.05, 4.69) is 10.0 Å². The monoisotopic (exact) mass is 315 g/mol. The fraction of sp³-hybridized carbons (Fsp3) is 0.462. The molecule has 7 nitrogen and oxygen atoms in total. The first-order valence-corrected chi connectivity index (χ1v) is 7.96. The van der Waals surface area contributed by atoms with Crippen LogP contribution in [0, 0.1) is 6.92 Å². The molecule has 0 unspecified atom stereocenters. The van der Waals surface area contributed by atoms with Crippen LogP contribution in [0.5, 0.6) is 0 Å². The SMILES string of the molecule is COCCNCCNS(=O)(=O)c1ccc(C)c(C(N)=O)c1. The smallest absolute Gasteiger partial charge is 0.249 e. The summed E-state index contributed by atoms with van der Waals surface area (Å²) < 4.78 is 31.5. The summed E-state index contributed by atoms with van der Waals surface area (Å²) in [6.45, 7) is 3.63. The number of nitrogens with one attached hydrogen (secondary N) is 2. The van der Waals surface area contributed by atoms with Gasteiger partial charge in [-0.05, 0) is 24.6 Å². The van der Waals surface area contributed by atoms with E-state index in [9.17, 15) is 13.2 Å². The summed E-state index contributed by atoms with van der Waals surface area (Å²) in [7, 11) is -2.06. The number of benzene rings is 1. The van der Waals surface area contributed by atoms with Crippen molar-refractivity contribution in [3.05, 3.63) is 29.3 Å². The predicted molar refractivity (Wildman–Crippen MR) is 79.6 cm³/mol. The van der Waals surface area contributed by atoms with Gasteiger partial charge >= 0.3 is 0 Å². The molecule has 0 radical (unpaired) electrons. The molecule has 0 heterocycles. The number of sulfonamides is 1. The van der Waals surface area contributed by atoms with Gasteiger partial charge in [-0.3, -0.25) is 4.79 Å². The molecule has 0 aromatic heterocycles. The van der Waals surface area contributed by atoms with Crippen LogP contribution in [-0.4, -0.2) is 47.7 Å². The molecule has 8 heteroatoms. The van der Waals surface area contributed by atoms with Crippen molar-refractivity contribution in [1.82, 2.24) is 10.0 Å². The molecule has 1 rings (SSSR count). The molecule has 1 amide bonds. The second-order valence-electron chi connectivity index (χ2n) is 4.48. The van der Waals surface area contributed by atoms with Gasteiger partial charge in [0.25, 0.3) is 0 Å². The Balaban J connectivity index is 2.66. The van der Waals surface area contributed by atoms with Crippen LogP contribution in [0.1, 0.15) is 15.9 Å². The first kappa shape index (κ1) is 17.6. The highest BCUT2D eigenvalue weighted by molar-refractivity contribution is 7.89. The third-order valence-corrected chi connectivity index (χ3v) is 4.32. The number of hydrogen-bond donors (Lipinski definition) is 3. The Morgan fingerprint density at radius 3 is 2.62 bits per heavy atom. The van der Waals surface area contributed by atoms with Crippen LogP contribution >= 0.6 is 0 Å². The van der Waals surface area contributed by atoms with Crippen molar-refractivity contribution >= 4 is 15.9 Å². The maximum Gasteiger partial charge on any atom is 0.249 e. The van der Waals surface area contributed by atoms with E-state index in [-0.39, 0.29) is 17.0 Å². The lowest BCUT2D eigenvalue weighted by Crippen LogP contribution is -2.33. The molecule has 1 aromatic rings. The fourth-order valence-electron chi connectivity index (χ4n) is 1.69. The van der Waals surface area contributed by atoms with Crippen LogP contribution in [0.3, 0.4) is 0 Å². The van der Waals surface area contributed by atoms with E-state index in [0.29, 0.717) is 25.3 Å². The third kappa shape index (κ3) is 5.43. The second-order valence-corrected chi connectivity index (χ2v) is 6.25. The van der Waals surface area contributed by atoms with E-state index in [1.807, 2.05) is 0 Å². The lowest BCUT2D eigenvalue weighted by Gasteiger charge is -2.09. The molecule has 0 atom stereocenters. The van der Waals surface area contributed by atoms with Crippen LogP contribution in [0.2, 0.25) is 0 Å². The van der Waals surface area contributed by atoms with Gasteiger partial charge in [0.2, 0.25) is 15.9 Å². The van der Waals surface area contributed by atoms with E-state index in [0.717, 1.165) is 0 Å². The van der Waals surface area contributed by atoms with Gasteiger partial charge in [-0.25, -0.2) is 13.1 Å². The van der Waals surface area contributed by atoms with Gasteiger partial charge in [0.1, 0.15) is 0 Å². The summed E-state index contributed by atoms with van der Waals surface area (Å²) in [5, 5.41) is 3.02. The number of methoxy groups -OCH3 is 1. The molecule has 0 saturated heterocycles. The van der Waals surface area contributed by atoms with Crippen molar-refractivity contribution in [3.63, 3.8) is 0 Å². The molecule has 0 aliphatic heterocycles. The summed E-state index contributed by atoms with van der Waals surface area (Å²) in [5.74, 6) is -0.647. The molecule has 21 heavy (non-hydrogen) atoms. The van der Waals surface area contributed by atoms with E-state index in [1.165, 1.54) is 12.1 Å². The van der Waals surface area contributed by atoms with Crippen molar-refractivity contribution in [1.29, 1.82) is 0 Å². The van der Waals surface area contributed by atoms with E-state index >= 15 is 0 Å². The molecule has 0 bridgehead atoms. The fourth-order valence-corrected chi connectivity index (χ4v) is 2.75. The normalized spacial score (nSPS) is 11.5. The Morgan fingerprint density at radius 1 is 1.29 bits per heavy atom. The number of carbonyl (C=O) groups excluding carboxylic acids is 1. The summed E-state index contributed by atoms with van der Waals surface area (Å²) in [5.41, 5.74) is 6.06. The summed E-state index contributed by atoms with van der Waals surface area (Å²) >= 11 is 0. The number of amides is 1. The Kier molecular flexibility index (Phi) is 6.76. The molecule has 4 N–H and O–H groups in total. The Labute approximate surface area is 124 Å². The number of rotatable bonds is 9. The van der Waals surface area contributed by atoms with Crippen molar-refractivity contribution in [2.75, 3.05) is 33.4 Å². The minimum atomic E-state index is -3.65. The topological polar surface area (TPSA) is 111 Å². The molecular formula is C13H21N3O4S. The predicted octanol–water partition coefficient (Wildman–Crippen LogP) is -0.392. The molecule has 1 aromatic carbocycles. The zero-order valence-corrected chi connectivity index (χ0v) is 13.0. The Hall–Kier alpha value is -1.48. The van der Waals surface area contributed by atoms with Gasteiger partial charge < -0.3 is 15.8 Å². The number of primary amides is 1. The summed E-state index contributed by atoms with van der Waals surface area (Å²) in [4.78, 5) is 11.3. The molecule has 0 aliphatic rings. The Bertz CT molecular complexity index is 587. The highest BCUT2D eigenvalue weighted by Gasteiger charge is 2.16. The quantitative estimate of drug-likeness (QED) is 0.537. The number of aryl methyl sites for hydroxylation is 1. The number of nitrogens with two attached hydrogens (primary N) is 1. The van der Waals surface area contributed by atoms with E-state index in [1.54, 1.807) is 20.1 Å². The van der Waals surface area contributed by atoms with Gasteiger partial charge in [0.15, 0.2) is 0 Å². The summed E-state index contributed by atoms with van der Waals surface area (Å²) in [6, 6.07) is 4.30. The average Bonchev–Trinajstić information content (AvgIpc) is 2.42. The maximum absolute atomic E-state index is 12.1. The zero-order valence-electron chi connectivity index (χ0n) is 12.2. The molecule has 0 aliphatic carbocycles. The highest BCUT2D eigenvalue weighted by atomic mass is 32.2. The van der Waals surface area contributed by atoms with Crippen molar-refractivity contribution < 1.29 is 17.9 Å². The van der Waals surface area contributed by atoms with E-state index < -0.39 is 15.9 Å². The maximum atomic E-state index is 12.1. The zero-order chi connectivity index (χ0) is 15.9. The highest BCUT2D eigenvalue weighted by Crippen LogP contribution is 2.15. The standard InChI is InChI=1S/C13H21N3O4S/c1-10-3-4-11(9-12(10)13(14)17)21(18,19)16-6-5-15-7-8-20-2/h3-4,9,15-16H,5-8H2,1-2H3,(H2,14,17). The van der Waals surface area contributed by atoms with Crippen molar-refractivity contribution in [2.45, 2.75) is 11.8 Å². The van der Waals surface area contributed by atoms with Gasteiger partial charge in [-0.2, -0.15) is 0 Å². The lowest BCUT2D eigenvalue weighted by atomic mass is 10.1.